The molecule has 0 spiro atoms. The van der Waals surface area contributed by atoms with E-state index in [0.717, 1.165) is 8.05 Å². The summed E-state index contributed by atoms with van der Waals surface area (Å²) in [6.07, 6.45) is -1.25. The van der Waals surface area contributed by atoms with Crippen molar-refractivity contribution >= 4 is 14.2 Å². The third-order valence-electron chi connectivity index (χ3n) is 0.175. The van der Waals surface area contributed by atoms with Crippen molar-refractivity contribution in [3.05, 3.63) is 0 Å². The second-order valence-electron chi connectivity index (χ2n) is 0.470. The normalized spacial score (nSPS) is 6.40. The lowest BCUT2D eigenvalue weighted by Crippen LogP contribution is -1.92. The van der Waals surface area contributed by atoms with Crippen LogP contribution in [0.3, 0.4) is 0 Å². The van der Waals surface area contributed by atoms with Gasteiger partial charge in [0.1, 0.15) is 0 Å². The van der Waals surface area contributed by atoms with Gasteiger partial charge >= 0.3 is 14.2 Å². The number of hydrogen-bond acceptors (Lipinski definition) is 2. The van der Waals surface area contributed by atoms with E-state index in [2.05, 4.69) is 4.65 Å². The molecular formula is CH3BO3. The molecule has 0 saturated heterocycles. The maximum absolute atomic E-state index is 9.15. The van der Waals surface area contributed by atoms with Gasteiger partial charge in [-0.05, 0) is 0 Å². The van der Waals surface area contributed by atoms with Gasteiger partial charge in [-0.1, -0.05) is 0 Å². The monoisotopic (exact) mass is 74.0 g/mol. The molecule has 0 saturated carbocycles. The van der Waals surface area contributed by atoms with Crippen molar-refractivity contribution in [1.29, 1.82) is 0 Å². The molecule has 0 unspecified atom stereocenters. The summed E-state index contributed by atoms with van der Waals surface area (Å²) in [6.45, 7) is 0. The van der Waals surface area contributed by atoms with Crippen LogP contribution >= 0.6 is 0 Å². The maximum atomic E-state index is 9.15. The lowest BCUT2D eigenvalue weighted by atomic mass is 10.6. The molecule has 3 nitrogen and oxygen atoms in total. The van der Waals surface area contributed by atoms with Gasteiger partial charge in [0, 0.05) is 0 Å². The van der Waals surface area contributed by atoms with Crippen molar-refractivity contribution in [2.75, 3.05) is 0 Å². The fourth-order valence-electron chi connectivity index (χ4n) is 0. The van der Waals surface area contributed by atoms with E-state index < -0.39 is 6.16 Å². The number of hydrogen-bond donors (Lipinski definition) is 1. The summed E-state index contributed by atoms with van der Waals surface area (Å²) in [5.41, 5.74) is 0. The Morgan fingerprint density at radius 2 is 2.20 bits per heavy atom. The standard InChI is InChI=1S/CH3BO3/c2-5-1(3)4/h2H2,(H,3,4). The Morgan fingerprint density at radius 1 is 2.00 bits per heavy atom. The zero-order chi connectivity index (χ0) is 4.28. The van der Waals surface area contributed by atoms with Crippen LogP contribution in [-0.4, -0.2) is 19.3 Å². The first-order valence-corrected chi connectivity index (χ1v) is 1.04. The molecule has 0 rings (SSSR count). The Bertz CT molecular complexity index is 42.2. The Hall–Kier alpha value is -0.665. The van der Waals surface area contributed by atoms with Gasteiger partial charge in [0.2, 0.25) is 0 Å². The molecule has 1 N–H and O–H groups in total. The van der Waals surface area contributed by atoms with E-state index in [-0.39, 0.29) is 0 Å². The van der Waals surface area contributed by atoms with Crippen molar-refractivity contribution in [1.82, 2.24) is 0 Å². The minimum Gasteiger partial charge on any atom is -0.513 e. The fraction of sp³-hybridized carbons (Fsp3) is 0. The molecule has 0 atom stereocenters. The van der Waals surface area contributed by atoms with E-state index in [1.54, 1.807) is 0 Å². The minimum absolute atomic E-state index is 1.10. The van der Waals surface area contributed by atoms with E-state index in [9.17, 15) is 0 Å². The lowest BCUT2D eigenvalue weighted by molar-refractivity contribution is 0.148. The second kappa shape index (κ2) is 1.63. The van der Waals surface area contributed by atoms with Gasteiger partial charge in [-0.25, -0.2) is 4.79 Å². The molecule has 5 heavy (non-hydrogen) atoms. The van der Waals surface area contributed by atoms with Gasteiger partial charge in [0.15, 0.2) is 0 Å². The van der Waals surface area contributed by atoms with Crippen molar-refractivity contribution in [3.8, 4) is 0 Å². The van der Waals surface area contributed by atoms with E-state index in [4.69, 9.17) is 9.90 Å². The highest BCUT2D eigenvalue weighted by Gasteiger charge is 1.80. The molecule has 0 aromatic carbocycles. The lowest BCUT2D eigenvalue weighted by Gasteiger charge is -1.80. The van der Waals surface area contributed by atoms with Crippen LogP contribution in [0, 0.1) is 0 Å². The van der Waals surface area contributed by atoms with Crippen molar-refractivity contribution < 1.29 is 14.6 Å². The van der Waals surface area contributed by atoms with Crippen LogP contribution in [0.1, 0.15) is 0 Å². The predicted octanol–water partition coefficient (Wildman–Crippen LogP) is -0.771. The third-order valence-corrected chi connectivity index (χ3v) is 0.175. The molecular weight excluding hydrogens is 70.8 g/mol. The highest BCUT2D eigenvalue weighted by Crippen LogP contribution is 1.59. The molecule has 0 aliphatic carbocycles. The van der Waals surface area contributed by atoms with Gasteiger partial charge in [0.05, 0.1) is 0 Å². The quantitative estimate of drug-likeness (QED) is 0.383. The largest absolute Gasteiger partial charge is 0.513 e. The summed E-state index contributed by atoms with van der Waals surface area (Å²) in [7, 11) is 1.10. The average Bonchev–Trinajstić information content (AvgIpc) is 1.38. The van der Waals surface area contributed by atoms with E-state index in [0.29, 0.717) is 0 Å². The first-order valence-electron chi connectivity index (χ1n) is 1.04. The molecule has 0 fully saturated rings. The summed E-state index contributed by atoms with van der Waals surface area (Å²) in [4.78, 5) is 9.15. The van der Waals surface area contributed by atoms with Crippen molar-refractivity contribution in [2.45, 2.75) is 0 Å². The van der Waals surface area contributed by atoms with Crippen molar-refractivity contribution in [2.24, 2.45) is 0 Å². The van der Waals surface area contributed by atoms with Crippen LogP contribution in [0.4, 0.5) is 4.79 Å². The predicted molar refractivity (Wildman–Crippen MR) is 17.7 cm³/mol. The summed E-state index contributed by atoms with van der Waals surface area (Å²) in [5, 5.41) is 7.50. The first-order chi connectivity index (χ1) is 2.27. The molecule has 0 amide bonds. The zero-order valence-corrected chi connectivity index (χ0v) is 2.76. The minimum atomic E-state index is -1.25. The molecule has 0 radical (unpaired) electrons. The van der Waals surface area contributed by atoms with E-state index >= 15 is 0 Å². The molecule has 0 heterocycles. The summed E-state index contributed by atoms with van der Waals surface area (Å²) < 4.78 is 3.67. The first kappa shape index (κ1) is 4.33. The fourth-order valence-corrected chi connectivity index (χ4v) is 0. The Labute approximate surface area is 30.0 Å². The van der Waals surface area contributed by atoms with Crippen LogP contribution in [0.15, 0.2) is 0 Å². The SMILES string of the molecule is BOC(=O)O. The summed E-state index contributed by atoms with van der Waals surface area (Å²) >= 11 is 0. The average molecular weight is 73.8 g/mol. The molecule has 0 aromatic rings. The Balaban J connectivity index is 2.85. The topological polar surface area (TPSA) is 46.5 Å². The molecule has 0 aromatic heterocycles. The highest BCUT2D eigenvalue weighted by molar-refractivity contribution is 6.03. The molecule has 4 heteroatoms. The molecule has 0 bridgehead atoms. The van der Waals surface area contributed by atoms with Gasteiger partial charge < -0.3 is 9.76 Å². The van der Waals surface area contributed by atoms with Gasteiger partial charge in [-0.2, -0.15) is 0 Å². The Morgan fingerprint density at radius 3 is 2.20 bits per heavy atom. The van der Waals surface area contributed by atoms with Crippen molar-refractivity contribution in [3.63, 3.8) is 0 Å². The van der Waals surface area contributed by atoms with Gasteiger partial charge in [-0.3, -0.25) is 0 Å². The van der Waals surface area contributed by atoms with Crippen LogP contribution in [-0.2, 0) is 4.65 Å². The third kappa shape index (κ3) is 3.33. The smallest absolute Gasteiger partial charge is 0.487 e. The van der Waals surface area contributed by atoms with Gasteiger partial charge in [-0.15, -0.1) is 0 Å². The molecule has 0 aliphatic heterocycles. The van der Waals surface area contributed by atoms with Crippen LogP contribution in [0.2, 0.25) is 0 Å². The number of carbonyl (C=O) groups is 1. The number of carboxylic acid groups (broad SMARTS) is 1. The highest BCUT2D eigenvalue weighted by atomic mass is 16.6. The van der Waals surface area contributed by atoms with Gasteiger partial charge in [0.25, 0.3) is 0 Å². The molecule has 0 aliphatic rings. The van der Waals surface area contributed by atoms with E-state index in [1.807, 2.05) is 0 Å². The zero-order valence-electron chi connectivity index (χ0n) is 2.76. The van der Waals surface area contributed by atoms with Crippen LogP contribution in [0.25, 0.3) is 0 Å². The summed E-state index contributed by atoms with van der Waals surface area (Å²) in [5.74, 6) is 0. The van der Waals surface area contributed by atoms with Crippen LogP contribution < -0.4 is 0 Å². The maximum Gasteiger partial charge on any atom is 0.487 e. The Kier molecular flexibility index (Phi) is 1.42. The molecule has 28 valence electrons. The van der Waals surface area contributed by atoms with E-state index in [1.165, 1.54) is 0 Å². The summed E-state index contributed by atoms with van der Waals surface area (Å²) in [6, 6.07) is 0. The second-order valence-corrected chi connectivity index (χ2v) is 0.470. The number of rotatable bonds is 0. The van der Waals surface area contributed by atoms with Crippen LogP contribution in [0.5, 0.6) is 0 Å².